The third-order valence-electron chi connectivity index (χ3n) is 7.12. The fourth-order valence-electron chi connectivity index (χ4n) is 4.97. The number of rotatable bonds is 6. The van der Waals surface area contributed by atoms with Crippen LogP contribution in [0.4, 0.5) is 5.69 Å². The lowest BCUT2D eigenvalue weighted by molar-refractivity contribution is -0.385. The van der Waals surface area contributed by atoms with E-state index in [-0.39, 0.29) is 33.9 Å². The molecule has 0 aromatic heterocycles. The average molecular weight is 376 g/mol. The van der Waals surface area contributed by atoms with Crippen LogP contribution in [0, 0.1) is 26.9 Å². The maximum Gasteiger partial charge on any atom is 0.286 e. The molecule has 1 amide bonds. The minimum atomic E-state index is -0.556. The zero-order valence-corrected chi connectivity index (χ0v) is 16.6. The summed E-state index contributed by atoms with van der Waals surface area (Å²) in [4.78, 5) is 24.0. The second-order valence-corrected chi connectivity index (χ2v) is 8.35. The van der Waals surface area contributed by atoms with Gasteiger partial charge in [0.25, 0.3) is 11.6 Å². The van der Waals surface area contributed by atoms with Crippen LogP contribution in [0.1, 0.15) is 57.3 Å². The second kappa shape index (κ2) is 6.69. The number of benzene rings is 1. The number of hydrogen-bond donors (Lipinski definition) is 1. The fraction of sp³-hybridized carbons (Fsp3) is 0.650. The minimum Gasteiger partial charge on any atom is -0.493 e. The summed E-state index contributed by atoms with van der Waals surface area (Å²) >= 11 is 0. The molecule has 2 saturated carbocycles. The number of methoxy groups -OCH3 is 1. The molecule has 0 radical (unpaired) electrons. The number of nitro benzene ring substituents is 1. The maximum atomic E-state index is 13.0. The predicted octanol–water partition coefficient (Wildman–Crippen LogP) is 3.95. The molecular weight excluding hydrogens is 348 g/mol. The first kappa shape index (κ1) is 19.5. The van der Waals surface area contributed by atoms with Crippen molar-refractivity contribution in [3.05, 3.63) is 27.8 Å². The third kappa shape index (κ3) is 2.93. The number of fused-ring (bicyclic) bond motifs is 2. The topological polar surface area (TPSA) is 90.7 Å². The Bertz CT molecular complexity index is 776. The first-order valence-corrected chi connectivity index (χ1v) is 9.45. The van der Waals surface area contributed by atoms with Gasteiger partial charge in [0.05, 0.1) is 24.7 Å². The highest BCUT2D eigenvalue weighted by Crippen LogP contribution is 2.65. The number of carbonyl (C=O) groups excluding carboxylic acids is 1. The van der Waals surface area contributed by atoms with Gasteiger partial charge in [-0.05, 0) is 42.9 Å². The number of nitro groups is 1. The van der Waals surface area contributed by atoms with Gasteiger partial charge in [0.1, 0.15) is 5.56 Å². The fourth-order valence-corrected chi connectivity index (χ4v) is 4.97. The maximum absolute atomic E-state index is 13.0. The molecule has 0 spiro atoms. The number of carbonyl (C=O) groups is 1. The van der Waals surface area contributed by atoms with Crippen LogP contribution in [0.15, 0.2) is 12.1 Å². The van der Waals surface area contributed by atoms with Crippen LogP contribution in [-0.4, -0.2) is 30.6 Å². The lowest BCUT2D eigenvalue weighted by atomic mass is 9.69. The van der Waals surface area contributed by atoms with Gasteiger partial charge in [0, 0.05) is 12.1 Å². The summed E-state index contributed by atoms with van der Waals surface area (Å²) in [6.07, 6.45) is 3.15. The van der Waals surface area contributed by atoms with E-state index in [2.05, 4.69) is 26.1 Å². The highest BCUT2D eigenvalue weighted by Gasteiger charge is 2.61. The first-order chi connectivity index (χ1) is 12.7. The monoisotopic (exact) mass is 376 g/mol. The van der Waals surface area contributed by atoms with Gasteiger partial charge in [0.2, 0.25) is 0 Å². The van der Waals surface area contributed by atoms with Crippen LogP contribution < -0.4 is 14.8 Å². The van der Waals surface area contributed by atoms with E-state index in [1.807, 2.05) is 0 Å². The number of nitrogens with zero attached hydrogens (tertiary/aromatic N) is 1. The zero-order valence-electron chi connectivity index (χ0n) is 16.6. The summed E-state index contributed by atoms with van der Waals surface area (Å²) in [5.74, 6) is 0.709. The van der Waals surface area contributed by atoms with E-state index in [0.29, 0.717) is 18.3 Å². The number of ether oxygens (including phenoxy) is 2. The Labute approximate surface area is 159 Å². The number of amides is 1. The summed E-state index contributed by atoms with van der Waals surface area (Å²) in [6.45, 7) is 8.92. The average Bonchev–Trinajstić information content (AvgIpc) is 2.94. The Kier molecular flexibility index (Phi) is 4.82. The molecule has 1 N–H and O–H groups in total. The Morgan fingerprint density at radius 3 is 2.52 bits per heavy atom. The number of nitrogens with one attached hydrogen (secondary N) is 1. The van der Waals surface area contributed by atoms with E-state index in [1.165, 1.54) is 25.7 Å². The smallest absolute Gasteiger partial charge is 0.286 e. The van der Waals surface area contributed by atoms with Crippen molar-refractivity contribution in [2.45, 2.75) is 53.0 Å². The molecule has 2 aliphatic rings. The molecule has 2 fully saturated rings. The van der Waals surface area contributed by atoms with Crippen molar-refractivity contribution in [2.75, 3.05) is 13.7 Å². The van der Waals surface area contributed by atoms with Crippen LogP contribution >= 0.6 is 0 Å². The van der Waals surface area contributed by atoms with Gasteiger partial charge in [-0.25, -0.2) is 0 Å². The van der Waals surface area contributed by atoms with Crippen LogP contribution in [0.3, 0.4) is 0 Å². The molecule has 7 heteroatoms. The van der Waals surface area contributed by atoms with Crippen LogP contribution in [0.25, 0.3) is 0 Å². The molecule has 27 heavy (non-hydrogen) atoms. The van der Waals surface area contributed by atoms with E-state index >= 15 is 0 Å². The van der Waals surface area contributed by atoms with Gasteiger partial charge in [0.15, 0.2) is 11.5 Å². The van der Waals surface area contributed by atoms with Gasteiger partial charge >= 0.3 is 0 Å². The Morgan fingerprint density at radius 1 is 1.33 bits per heavy atom. The van der Waals surface area contributed by atoms with Crippen LogP contribution in [0.2, 0.25) is 0 Å². The van der Waals surface area contributed by atoms with Gasteiger partial charge < -0.3 is 14.8 Å². The van der Waals surface area contributed by atoms with Crippen molar-refractivity contribution in [3.8, 4) is 11.5 Å². The lowest BCUT2D eigenvalue weighted by Gasteiger charge is -2.39. The summed E-state index contributed by atoms with van der Waals surface area (Å²) in [7, 11) is 1.42. The molecule has 1 aromatic rings. The molecule has 3 unspecified atom stereocenters. The molecule has 0 heterocycles. The molecule has 2 bridgehead atoms. The van der Waals surface area contributed by atoms with Gasteiger partial charge in [-0.1, -0.05) is 20.8 Å². The van der Waals surface area contributed by atoms with Crippen molar-refractivity contribution < 1.29 is 19.2 Å². The minimum absolute atomic E-state index is 0.00265. The SMILES string of the molecule is CCOc1cc(C(=O)NC2CC3CCC2(C)C3(C)C)c([N+](=O)[O-])cc1OC. The van der Waals surface area contributed by atoms with E-state index in [0.717, 1.165) is 12.8 Å². The molecule has 1 aromatic carbocycles. The van der Waals surface area contributed by atoms with Crippen LogP contribution in [-0.2, 0) is 0 Å². The Balaban J connectivity index is 1.93. The van der Waals surface area contributed by atoms with E-state index in [4.69, 9.17) is 9.47 Å². The van der Waals surface area contributed by atoms with E-state index < -0.39 is 10.8 Å². The standard InChI is InChI=1S/C20H28N2O5/c1-6-27-16-10-13(14(22(24)25)11-15(16)26-5)18(23)21-17-9-12-7-8-20(17,4)19(12,2)3/h10-12,17H,6-9H2,1-5H3,(H,21,23). The molecule has 0 aliphatic heterocycles. The second-order valence-electron chi connectivity index (χ2n) is 8.35. The zero-order chi connectivity index (χ0) is 20.0. The normalized spacial score (nSPS) is 28.0. The lowest BCUT2D eigenvalue weighted by Crippen LogP contribution is -2.47. The molecule has 3 atom stereocenters. The van der Waals surface area contributed by atoms with E-state index in [1.54, 1.807) is 6.92 Å². The highest BCUT2D eigenvalue weighted by molar-refractivity contribution is 5.99. The quantitative estimate of drug-likeness (QED) is 0.600. The molecule has 7 nitrogen and oxygen atoms in total. The summed E-state index contributed by atoms with van der Waals surface area (Å²) in [5.41, 5.74) is -0.126. The molecule has 2 aliphatic carbocycles. The van der Waals surface area contributed by atoms with Crippen molar-refractivity contribution in [1.29, 1.82) is 0 Å². The third-order valence-corrected chi connectivity index (χ3v) is 7.12. The Morgan fingerprint density at radius 2 is 2.04 bits per heavy atom. The van der Waals surface area contributed by atoms with Gasteiger partial charge in [-0.15, -0.1) is 0 Å². The van der Waals surface area contributed by atoms with Crippen LogP contribution in [0.5, 0.6) is 11.5 Å². The summed E-state index contributed by atoms with van der Waals surface area (Å²) in [5, 5.41) is 14.6. The van der Waals surface area contributed by atoms with Gasteiger partial charge in [-0.2, -0.15) is 0 Å². The highest BCUT2D eigenvalue weighted by atomic mass is 16.6. The van der Waals surface area contributed by atoms with Crippen molar-refractivity contribution in [1.82, 2.24) is 5.32 Å². The Hall–Kier alpha value is -2.31. The van der Waals surface area contributed by atoms with Crippen molar-refractivity contribution in [3.63, 3.8) is 0 Å². The molecule has 3 rings (SSSR count). The summed E-state index contributed by atoms with van der Waals surface area (Å²) < 4.78 is 10.7. The number of hydrogen-bond acceptors (Lipinski definition) is 5. The van der Waals surface area contributed by atoms with Gasteiger partial charge in [-0.3, -0.25) is 14.9 Å². The molecule has 0 saturated heterocycles. The first-order valence-electron chi connectivity index (χ1n) is 9.45. The van der Waals surface area contributed by atoms with E-state index in [9.17, 15) is 14.9 Å². The predicted molar refractivity (Wildman–Crippen MR) is 101 cm³/mol. The van der Waals surface area contributed by atoms with Crippen molar-refractivity contribution in [2.24, 2.45) is 16.7 Å². The summed E-state index contributed by atoms with van der Waals surface area (Å²) in [6, 6.07) is 2.68. The largest absolute Gasteiger partial charge is 0.493 e. The van der Waals surface area contributed by atoms with Crippen molar-refractivity contribution >= 4 is 11.6 Å². The molecule has 148 valence electrons. The molecular formula is C20H28N2O5.